The van der Waals surface area contributed by atoms with Gasteiger partial charge in [0.1, 0.15) is 11.4 Å². The maximum absolute atomic E-state index is 12.3. The fourth-order valence-electron chi connectivity index (χ4n) is 2.61. The highest BCUT2D eigenvalue weighted by molar-refractivity contribution is 6.30. The third-order valence-electron chi connectivity index (χ3n) is 3.99. The third kappa shape index (κ3) is 2.57. The van der Waals surface area contributed by atoms with Crippen LogP contribution in [0.15, 0.2) is 24.3 Å². The van der Waals surface area contributed by atoms with Crippen molar-refractivity contribution in [1.82, 2.24) is 9.78 Å². The first-order chi connectivity index (χ1) is 10.6. The molecule has 2 N–H and O–H groups in total. The highest BCUT2D eigenvalue weighted by Gasteiger charge is 2.32. The van der Waals surface area contributed by atoms with Gasteiger partial charge < -0.3 is 10.5 Å². The molecular formula is C16H18ClN3O2. The van der Waals surface area contributed by atoms with E-state index in [0.717, 1.165) is 30.6 Å². The number of esters is 1. The second kappa shape index (κ2) is 6.01. The summed E-state index contributed by atoms with van der Waals surface area (Å²) >= 11 is 5.91. The van der Waals surface area contributed by atoms with Crippen molar-refractivity contribution in [2.24, 2.45) is 0 Å². The van der Waals surface area contributed by atoms with E-state index in [1.165, 1.54) is 0 Å². The van der Waals surface area contributed by atoms with Gasteiger partial charge in [-0.3, -0.25) is 0 Å². The maximum atomic E-state index is 12.3. The number of ether oxygens (including phenoxy) is 1. The van der Waals surface area contributed by atoms with E-state index in [4.69, 9.17) is 22.1 Å². The van der Waals surface area contributed by atoms with Crippen LogP contribution in [0.2, 0.25) is 5.02 Å². The van der Waals surface area contributed by atoms with E-state index >= 15 is 0 Å². The third-order valence-corrected chi connectivity index (χ3v) is 4.24. The molecule has 6 heteroatoms. The Morgan fingerprint density at radius 1 is 1.41 bits per heavy atom. The van der Waals surface area contributed by atoms with Gasteiger partial charge in [-0.1, -0.05) is 18.0 Å². The zero-order valence-electron chi connectivity index (χ0n) is 12.4. The molecule has 1 aromatic heterocycles. The lowest BCUT2D eigenvalue weighted by molar-refractivity contribution is 0.0525. The smallest absolute Gasteiger partial charge is 0.343 e. The van der Waals surface area contributed by atoms with Crippen LogP contribution in [0, 0.1) is 0 Å². The van der Waals surface area contributed by atoms with Gasteiger partial charge in [0.2, 0.25) is 0 Å². The topological polar surface area (TPSA) is 70.1 Å². The standard InChI is InChI=1S/C16H18ClN3O2/c1-2-22-16(21)13-14(10-4-3-5-10)19-20(15(13)18)12-8-6-11(17)7-9-12/h6-10H,2-5,18H2,1H3. The number of halogens is 1. The monoisotopic (exact) mass is 319 g/mol. The van der Waals surface area contributed by atoms with Gasteiger partial charge in [0.25, 0.3) is 0 Å². The van der Waals surface area contributed by atoms with Crippen LogP contribution in [0.3, 0.4) is 0 Å². The molecule has 1 heterocycles. The number of rotatable bonds is 4. The Hall–Kier alpha value is -2.01. The van der Waals surface area contributed by atoms with Crippen LogP contribution in [0.25, 0.3) is 5.69 Å². The summed E-state index contributed by atoms with van der Waals surface area (Å²) in [4.78, 5) is 12.3. The molecule has 0 spiro atoms. The fraction of sp³-hybridized carbons (Fsp3) is 0.375. The predicted molar refractivity (Wildman–Crippen MR) is 85.5 cm³/mol. The lowest BCUT2D eigenvalue weighted by atomic mass is 9.81. The maximum Gasteiger partial charge on any atom is 0.343 e. The quantitative estimate of drug-likeness (QED) is 0.875. The van der Waals surface area contributed by atoms with Crippen LogP contribution < -0.4 is 5.73 Å². The van der Waals surface area contributed by atoms with Crippen molar-refractivity contribution >= 4 is 23.4 Å². The van der Waals surface area contributed by atoms with Crippen LogP contribution in [-0.2, 0) is 4.74 Å². The lowest BCUT2D eigenvalue weighted by Gasteiger charge is -2.24. The number of anilines is 1. The van der Waals surface area contributed by atoms with Gasteiger partial charge in [-0.2, -0.15) is 5.10 Å². The second-order valence-electron chi connectivity index (χ2n) is 5.38. The summed E-state index contributed by atoms with van der Waals surface area (Å²) in [5.41, 5.74) is 8.12. The first-order valence-electron chi connectivity index (χ1n) is 7.43. The average Bonchev–Trinajstić information content (AvgIpc) is 2.75. The molecule has 1 aromatic carbocycles. The van der Waals surface area contributed by atoms with Gasteiger partial charge in [0.05, 0.1) is 18.0 Å². The Morgan fingerprint density at radius 3 is 2.64 bits per heavy atom. The summed E-state index contributed by atoms with van der Waals surface area (Å²) in [5, 5.41) is 5.22. The van der Waals surface area contributed by atoms with Crippen molar-refractivity contribution < 1.29 is 9.53 Å². The molecule has 1 fully saturated rings. The van der Waals surface area contributed by atoms with Crippen molar-refractivity contribution in [2.45, 2.75) is 32.1 Å². The van der Waals surface area contributed by atoms with Crippen LogP contribution in [0.4, 0.5) is 5.82 Å². The van der Waals surface area contributed by atoms with Gasteiger partial charge in [-0.15, -0.1) is 0 Å². The Labute approximate surface area is 134 Å². The van der Waals surface area contributed by atoms with E-state index in [-0.39, 0.29) is 5.92 Å². The number of nitrogen functional groups attached to an aromatic ring is 1. The van der Waals surface area contributed by atoms with Crippen LogP contribution >= 0.6 is 11.6 Å². The van der Waals surface area contributed by atoms with Gasteiger partial charge in [-0.25, -0.2) is 9.48 Å². The molecule has 0 saturated heterocycles. The van der Waals surface area contributed by atoms with E-state index in [9.17, 15) is 4.79 Å². The van der Waals surface area contributed by atoms with E-state index in [1.807, 2.05) is 12.1 Å². The van der Waals surface area contributed by atoms with Gasteiger partial charge in [0.15, 0.2) is 0 Å². The Morgan fingerprint density at radius 2 is 2.09 bits per heavy atom. The largest absolute Gasteiger partial charge is 0.462 e. The number of nitrogens with two attached hydrogens (primary N) is 1. The molecule has 2 aromatic rings. The van der Waals surface area contributed by atoms with Crippen LogP contribution in [0.5, 0.6) is 0 Å². The van der Waals surface area contributed by atoms with Crippen LogP contribution in [-0.4, -0.2) is 22.4 Å². The van der Waals surface area contributed by atoms with E-state index in [2.05, 4.69) is 5.10 Å². The molecule has 22 heavy (non-hydrogen) atoms. The fourth-order valence-corrected chi connectivity index (χ4v) is 2.73. The van der Waals surface area contributed by atoms with Crippen LogP contribution in [0.1, 0.15) is 48.2 Å². The molecular weight excluding hydrogens is 302 g/mol. The number of aromatic nitrogens is 2. The SMILES string of the molecule is CCOC(=O)c1c(C2CCC2)nn(-c2ccc(Cl)cc2)c1N. The lowest BCUT2D eigenvalue weighted by Crippen LogP contribution is -2.15. The Kier molecular flexibility index (Phi) is 4.07. The van der Waals surface area contributed by atoms with Crippen molar-refractivity contribution in [2.75, 3.05) is 12.3 Å². The zero-order valence-corrected chi connectivity index (χ0v) is 13.1. The molecule has 0 amide bonds. The summed E-state index contributed by atoms with van der Waals surface area (Å²) in [6, 6.07) is 7.19. The molecule has 5 nitrogen and oxygen atoms in total. The minimum absolute atomic E-state index is 0.287. The number of carbonyl (C=O) groups excluding carboxylic acids is 1. The summed E-state index contributed by atoms with van der Waals surface area (Å²) in [6.07, 6.45) is 3.22. The normalized spacial score (nSPS) is 14.6. The van der Waals surface area contributed by atoms with E-state index < -0.39 is 5.97 Å². The van der Waals surface area contributed by atoms with Crippen molar-refractivity contribution in [3.8, 4) is 5.69 Å². The molecule has 3 rings (SSSR count). The number of nitrogens with zero attached hydrogens (tertiary/aromatic N) is 2. The molecule has 116 valence electrons. The summed E-state index contributed by atoms with van der Waals surface area (Å²) < 4.78 is 6.74. The number of carbonyl (C=O) groups is 1. The van der Waals surface area contributed by atoms with Crippen molar-refractivity contribution in [1.29, 1.82) is 0 Å². The van der Waals surface area contributed by atoms with E-state index in [0.29, 0.717) is 23.0 Å². The molecule has 1 aliphatic rings. The minimum Gasteiger partial charge on any atom is -0.462 e. The first-order valence-corrected chi connectivity index (χ1v) is 7.81. The molecule has 1 saturated carbocycles. The number of benzene rings is 1. The summed E-state index contributed by atoms with van der Waals surface area (Å²) in [6.45, 7) is 2.09. The highest BCUT2D eigenvalue weighted by atomic mass is 35.5. The summed E-state index contributed by atoms with van der Waals surface area (Å²) in [5.74, 6) is 0.208. The van der Waals surface area contributed by atoms with Crippen molar-refractivity contribution in [3.63, 3.8) is 0 Å². The highest BCUT2D eigenvalue weighted by Crippen LogP contribution is 2.39. The Bertz CT molecular complexity index is 690. The van der Waals surface area contributed by atoms with Crippen molar-refractivity contribution in [3.05, 3.63) is 40.5 Å². The molecule has 0 radical (unpaired) electrons. The second-order valence-corrected chi connectivity index (χ2v) is 5.82. The summed E-state index contributed by atoms with van der Waals surface area (Å²) in [7, 11) is 0. The first kappa shape index (κ1) is 14.9. The van der Waals surface area contributed by atoms with Gasteiger partial charge >= 0.3 is 5.97 Å². The van der Waals surface area contributed by atoms with Gasteiger partial charge in [-0.05, 0) is 44.0 Å². The van der Waals surface area contributed by atoms with E-state index in [1.54, 1.807) is 23.7 Å². The molecule has 0 bridgehead atoms. The van der Waals surface area contributed by atoms with Gasteiger partial charge in [0, 0.05) is 10.9 Å². The average molecular weight is 320 g/mol. The predicted octanol–water partition coefficient (Wildman–Crippen LogP) is 3.55. The number of hydrogen-bond acceptors (Lipinski definition) is 4. The molecule has 0 atom stereocenters. The molecule has 0 unspecified atom stereocenters. The molecule has 1 aliphatic carbocycles. The number of hydrogen-bond donors (Lipinski definition) is 1. The molecule has 0 aliphatic heterocycles. The minimum atomic E-state index is -0.401. The Balaban J connectivity index is 2.07. The zero-order chi connectivity index (χ0) is 15.7.